The van der Waals surface area contributed by atoms with Crippen LogP contribution in [0.25, 0.3) is 0 Å². The van der Waals surface area contributed by atoms with Crippen molar-refractivity contribution in [1.82, 2.24) is 15.0 Å². The van der Waals surface area contributed by atoms with Gasteiger partial charge in [0.1, 0.15) is 11.6 Å². The highest BCUT2D eigenvalue weighted by atomic mass is 32.2. The van der Waals surface area contributed by atoms with Gasteiger partial charge < -0.3 is 10.2 Å². The summed E-state index contributed by atoms with van der Waals surface area (Å²) in [5.41, 5.74) is 0. The smallest absolute Gasteiger partial charge is 0.246 e. The molecule has 1 saturated heterocycles. The minimum Gasteiger partial charge on any atom is -0.355 e. The van der Waals surface area contributed by atoms with Crippen LogP contribution in [0.1, 0.15) is 12.8 Å². The second-order valence-corrected chi connectivity index (χ2v) is 9.03. The molecule has 1 aliphatic rings. The molecule has 0 bridgehead atoms. The molecule has 2 heterocycles. The van der Waals surface area contributed by atoms with E-state index >= 15 is 0 Å². The maximum absolute atomic E-state index is 13.6. The highest BCUT2D eigenvalue weighted by Crippen LogP contribution is 2.24. The van der Waals surface area contributed by atoms with Gasteiger partial charge in [-0.2, -0.15) is 0 Å². The molecule has 28 heavy (non-hydrogen) atoms. The van der Waals surface area contributed by atoms with Gasteiger partial charge in [-0.1, -0.05) is 6.07 Å². The first-order valence-electron chi connectivity index (χ1n) is 8.71. The molecule has 11 heteroatoms. The molecule has 1 fully saturated rings. The second-order valence-electron chi connectivity index (χ2n) is 6.45. The summed E-state index contributed by atoms with van der Waals surface area (Å²) in [4.78, 5) is 17.4. The SMILES string of the molecule is O=C(CNS(=O)(=O)c1c(F)cccc1F)NCC1CCCN(c2nccs2)C1. The molecule has 0 aliphatic carbocycles. The molecule has 152 valence electrons. The predicted molar refractivity (Wildman–Crippen MR) is 102 cm³/mol. The number of hydrogen-bond donors (Lipinski definition) is 2. The zero-order chi connectivity index (χ0) is 20.1. The summed E-state index contributed by atoms with van der Waals surface area (Å²) in [6.07, 6.45) is 3.66. The van der Waals surface area contributed by atoms with E-state index in [0.29, 0.717) is 6.54 Å². The molecular weight excluding hydrogens is 410 g/mol. The second kappa shape index (κ2) is 8.93. The van der Waals surface area contributed by atoms with E-state index < -0.39 is 39.0 Å². The van der Waals surface area contributed by atoms with Gasteiger partial charge >= 0.3 is 0 Å². The number of carbonyl (C=O) groups excluding carboxylic acids is 1. The van der Waals surface area contributed by atoms with Crippen molar-refractivity contribution in [3.05, 3.63) is 41.4 Å². The number of rotatable bonds is 7. The lowest BCUT2D eigenvalue weighted by Crippen LogP contribution is -2.43. The minimum absolute atomic E-state index is 0.210. The number of halogens is 2. The van der Waals surface area contributed by atoms with Crippen molar-refractivity contribution in [3.63, 3.8) is 0 Å². The standard InChI is InChI=1S/C17H20F2N4O3S2/c18-13-4-1-5-14(19)16(13)28(25,26)22-10-15(24)21-9-12-3-2-7-23(11-12)17-20-6-8-27-17/h1,4-6,8,12,22H,2-3,7,9-11H2,(H,21,24). The average molecular weight is 431 g/mol. The molecule has 1 atom stereocenters. The van der Waals surface area contributed by atoms with Gasteiger partial charge in [-0.15, -0.1) is 11.3 Å². The number of sulfonamides is 1. The Kier molecular flexibility index (Phi) is 6.57. The Labute approximate surface area is 165 Å². The fraction of sp³-hybridized carbons (Fsp3) is 0.412. The summed E-state index contributed by atoms with van der Waals surface area (Å²) in [7, 11) is -4.47. The first kappa shape index (κ1) is 20.6. The number of carbonyl (C=O) groups is 1. The van der Waals surface area contributed by atoms with Crippen LogP contribution in [-0.2, 0) is 14.8 Å². The fourth-order valence-electron chi connectivity index (χ4n) is 3.07. The molecule has 2 aromatic rings. The normalized spacial score (nSPS) is 17.5. The van der Waals surface area contributed by atoms with E-state index in [1.54, 1.807) is 17.5 Å². The Hall–Kier alpha value is -2.11. The Morgan fingerprint density at radius 3 is 2.75 bits per heavy atom. The monoisotopic (exact) mass is 430 g/mol. The molecule has 1 aromatic heterocycles. The molecule has 0 radical (unpaired) electrons. The maximum Gasteiger partial charge on any atom is 0.246 e. The number of nitrogens with zero attached hydrogens (tertiary/aromatic N) is 2. The summed E-state index contributed by atoms with van der Waals surface area (Å²) >= 11 is 1.56. The average Bonchev–Trinajstić information content (AvgIpc) is 3.19. The Bertz CT molecular complexity index is 902. The Morgan fingerprint density at radius 2 is 2.07 bits per heavy atom. The van der Waals surface area contributed by atoms with E-state index in [1.165, 1.54) is 0 Å². The van der Waals surface area contributed by atoms with Crippen LogP contribution in [0, 0.1) is 17.6 Å². The predicted octanol–water partition coefficient (Wildman–Crippen LogP) is 1.73. The molecule has 0 spiro atoms. The number of aromatic nitrogens is 1. The van der Waals surface area contributed by atoms with Gasteiger partial charge in [0, 0.05) is 31.2 Å². The molecule has 1 aliphatic heterocycles. The Balaban J connectivity index is 1.49. The first-order chi connectivity index (χ1) is 13.4. The van der Waals surface area contributed by atoms with Gasteiger partial charge in [0.2, 0.25) is 15.9 Å². The highest BCUT2D eigenvalue weighted by Gasteiger charge is 2.25. The van der Waals surface area contributed by atoms with E-state index in [1.807, 2.05) is 10.1 Å². The third kappa shape index (κ3) is 5.03. The molecule has 3 rings (SSSR count). The van der Waals surface area contributed by atoms with Crippen LogP contribution in [0.15, 0.2) is 34.7 Å². The summed E-state index contributed by atoms with van der Waals surface area (Å²) in [5, 5.41) is 5.52. The molecule has 7 nitrogen and oxygen atoms in total. The summed E-state index contributed by atoms with van der Waals surface area (Å²) in [6.45, 7) is 1.45. The zero-order valence-corrected chi connectivity index (χ0v) is 16.5. The van der Waals surface area contributed by atoms with Crippen molar-refractivity contribution in [1.29, 1.82) is 0 Å². The Morgan fingerprint density at radius 1 is 1.32 bits per heavy atom. The number of nitrogens with one attached hydrogen (secondary N) is 2. The number of hydrogen-bond acceptors (Lipinski definition) is 6. The van der Waals surface area contributed by atoms with Gasteiger partial charge in [0.05, 0.1) is 6.54 Å². The molecule has 1 amide bonds. The van der Waals surface area contributed by atoms with Crippen molar-refractivity contribution in [3.8, 4) is 0 Å². The lowest BCUT2D eigenvalue weighted by molar-refractivity contribution is -0.120. The van der Waals surface area contributed by atoms with Gasteiger partial charge in [-0.3, -0.25) is 4.79 Å². The molecule has 0 saturated carbocycles. The highest BCUT2D eigenvalue weighted by molar-refractivity contribution is 7.89. The van der Waals surface area contributed by atoms with Gasteiger partial charge in [-0.25, -0.2) is 26.9 Å². The quantitative estimate of drug-likeness (QED) is 0.698. The third-order valence-corrected chi connectivity index (χ3v) is 6.69. The largest absolute Gasteiger partial charge is 0.355 e. The maximum atomic E-state index is 13.6. The van der Waals surface area contributed by atoms with E-state index in [9.17, 15) is 22.0 Å². The summed E-state index contributed by atoms with van der Waals surface area (Å²) < 4.78 is 53.4. The van der Waals surface area contributed by atoms with Crippen molar-refractivity contribution in [2.24, 2.45) is 5.92 Å². The topological polar surface area (TPSA) is 91.4 Å². The lowest BCUT2D eigenvalue weighted by Gasteiger charge is -2.32. The van der Waals surface area contributed by atoms with Crippen LogP contribution in [0.5, 0.6) is 0 Å². The fourth-order valence-corrected chi connectivity index (χ4v) is 4.87. The molecule has 1 unspecified atom stereocenters. The summed E-state index contributed by atoms with van der Waals surface area (Å²) in [6, 6.07) is 2.75. The number of piperidine rings is 1. The first-order valence-corrected chi connectivity index (χ1v) is 11.1. The minimum atomic E-state index is -4.47. The van der Waals surface area contributed by atoms with Crippen LogP contribution in [0.3, 0.4) is 0 Å². The van der Waals surface area contributed by atoms with Crippen molar-refractivity contribution < 1.29 is 22.0 Å². The lowest BCUT2D eigenvalue weighted by atomic mass is 9.98. The van der Waals surface area contributed by atoms with Crippen LogP contribution in [-0.4, -0.2) is 45.5 Å². The van der Waals surface area contributed by atoms with E-state index in [2.05, 4.69) is 15.2 Å². The molecular formula is C17H20F2N4O3S2. The summed E-state index contributed by atoms with van der Waals surface area (Å²) in [5.74, 6) is -2.77. The van der Waals surface area contributed by atoms with E-state index in [0.717, 1.165) is 49.3 Å². The van der Waals surface area contributed by atoms with Crippen molar-refractivity contribution >= 4 is 32.4 Å². The number of benzene rings is 1. The third-order valence-electron chi connectivity index (χ3n) is 4.41. The molecule has 2 N–H and O–H groups in total. The van der Waals surface area contributed by atoms with Crippen LogP contribution in [0.2, 0.25) is 0 Å². The van der Waals surface area contributed by atoms with Crippen molar-refractivity contribution in [2.45, 2.75) is 17.7 Å². The number of anilines is 1. The van der Waals surface area contributed by atoms with Crippen LogP contribution in [0.4, 0.5) is 13.9 Å². The van der Waals surface area contributed by atoms with Gasteiger partial charge in [0.25, 0.3) is 0 Å². The van der Waals surface area contributed by atoms with E-state index in [4.69, 9.17) is 0 Å². The zero-order valence-electron chi connectivity index (χ0n) is 14.9. The number of amides is 1. The van der Waals surface area contributed by atoms with Gasteiger partial charge in [-0.05, 0) is 30.9 Å². The molecule has 1 aromatic carbocycles. The van der Waals surface area contributed by atoms with Crippen LogP contribution >= 0.6 is 11.3 Å². The van der Waals surface area contributed by atoms with Crippen molar-refractivity contribution in [2.75, 3.05) is 31.1 Å². The van der Waals surface area contributed by atoms with E-state index in [-0.39, 0.29) is 5.92 Å². The van der Waals surface area contributed by atoms with Crippen LogP contribution < -0.4 is 14.9 Å². The number of thiazole rings is 1. The van der Waals surface area contributed by atoms with Gasteiger partial charge in [0.15, 0.2) is 10.0 Å².